The number of amides is 1. The summed E-state index contributed by atoms with van der Waals surface area (Å²) in [6.45, 7) is 0. The van der Waals surface area contributed by atoms with Crippen LogP contribution in [0.25, 0.3) is 0 Å². The van der Waals surface area contributed by atoms with Gasteiger partial charge in [0, 0.05) is 17.2 Å². The number of ether oxygens (including phenoxy) is 1. The topological polar surface area (TPSA) is 130 Å². The Hall–Kier alpha value is -4.72. The highest BCUT2D eigenvalue weighted by molar-refractivity contribution is 6.32. The van der Waals surface area contributed by atoms with E-state index in [1.807, 2.05) is 0 Å². The van der Waals surface area contributed by atoms with Crippen LogP contribution in [-0.2, 0) is 9.59 Å². The number of ketones is 2. The number of phenolic OH excluding ortho intramolecular Hbond substituents is 1. The lowest BCUT2D eigenvalue weighted by Crippen LogP contribution is -2.35. The number of carboxylic acids is 1. The Bertz CT molecular complexity index is 1440. The lowest BCUT2D eigenvalue weighted by atomic mass is 9.81. The highest BCUT2D eigenvalue weighted by Crippen LogP contribution is 2.44. The zero-order valence-corrected chi connectivity index (χ0v) is 18.9. The molecule has 8 nitrogen and oxygen atoms in total. The number of nitrogens with one attached hydrogen (secondary N) is 1. The number of rotatable bonds is 5. The summed E-state index contributed by atoms with van der Waals surface area (Å²) < 4.78 is 5.92. The first kappa shape index (κ1) is 23.0. The van der Waals surface area contributed by atoms with Gasteiger partial charge < -0.3 is 20.3 Å². The third-order valence-electron chi connectivity index (χ3n) is 6.45. The fraction of sp³-hybridized carbons (Fsp3) is 0.143. The van der Waals surface area contributed by atoms with E-state index in [1.54, 1.807) is 54.6 Å². The lowest BCUT2D eigenvalue weighted by molar-refractivity contribution is -0.146. The molecule has 0 saturated carbocycles. The van der Waals surface area contributed by atoms with E-state index in [4.69, 9.17) is 4.74 Å². The van der Waals surface area contributed by atoms with E-state index in [-0.39, 0.29) is 46.5 Å². The number of para-hydroxylation sites is 1. The van der Waals surface area contributed by atoms with E-state index in [2.05, 4.69) is 5.32 Å². The van der Waals surface area contributed by atoms with E-state index in [0.29, 0.717) is 5.75 Å². The molecular weight excluding hydrogens is 462 g/mol. The molecule has 1 amide bonds. The first-order valence-corrected chi connectivity index (χ1v) is 11.4. The molecule has 2 unspecified atom stereocenters. The number of carboxylic acid groups (broad SMARTS) is 1. The van der Waals surface area contributed by atoms with Gasteiger partial charge in [0.25, 0.3) is 0 Å². The Morgan fingerprint density at radius 3 is 2.06 bits per heavy atom. The van der Waals surface area contributed by atoms with Crippen molar-refractivity contribution in [3.63, 3.8) is 0 Å². The number of carbonyl (C=O) groups is 4. The van der Waals surface area contributed by atoms with Crippen LogP contribution in [-0.4, -0.2) is 33.7 Å². The van der Waals surface area contributed by atoms with Gasteiger partial charge in [-0.05, 0) is 25.0 Å². The van der Waals surface area contributed by atoms with Gasteiger partial charge in [-0.25, -0.2) is 0 Å². The number of aliphatic carboxylic acids is 1. The van der Waals surface area contributed by atoms with Crippen molar-refractivity contribution in [2.75, 3.05) is 5.32 Å². The maximum absolute atomic E-state index is 13.6. The number of benzene rings is 3. The molecule has 2 atom stereocenters. The summed E-state index contributed by atoms with van der Waals surface area (Å²) in [6.07, 6.45) is 3.85. The Kier molecular flexibility index (Phi) is 5.85. The summed E-state index contributed by atoms with van der Waals surface area (Å²) in [4.78, 5) is 52.0. The van der Waals surface area contributed by atoms with Crippen molar-refractivity contribution in [1.82, 2.24) is 0 Å². The fourth-order valence-electron chi connectivity index (χ4n) is 4.66. The molecule has 2 aliphatic carbocycles. The summed E-state index contributed by atoms with van der Waals surface area (Å²) in [7, 11) is 0. The maximum Gasteiger partial charge on any atom is 0.307 e. The molecule has 0 aliphatic heterocycles. The first-order chi connectivity index (χ1) is 17.4. The van der Waals surface area contributed by atoms with Gasteiger partial charge in [-0.3, -0.25) is 19.2 Å². The molecule has 180 valence electrons. The van der Waals surface area contributed by atoms with Crippen LogP contribution in [0.3, 0.4) is 0 Å². The van der Waals surface area contributed by atoms with Gasteiger partial charge in [-0.1, -0.05) is 54.6 Å². The van der Waals surface area contributed by atoms with Gasteiger partial charge in [-0.2, -0.15) is 0 Å². The van der Waals surface area contributed by atoms with Gasteiger partial charge in [0.2, 0.25) is 5.91 Å². The van der Waals surface area contributed by atoms with Gasteiger partial charge in [0.15, 0.2) is 17.3 Å². The summed E-state index contributed by atoms with van der Waals surface area (Å²) in [5.41, 5.74) is -0.263. The van der Waals surface area contributed by atoms with Crippen LogP contribution in [0.4, 0.5) is 5.69 Å². The molecule has 8 heteroatoms. The zero-order chi connectivity index (χ0) is 25.4. The smallest absolute Gasteiger partial charge is 0.307 e. The number of allylic oxidation sites excluding steroid dienone is 2. The van der Waals surface area contributed by atoms with Gasteiger partial charge in [0.05, 0.1) is 28.7 Å². The van der Waals surface area contributed by atoms with Crippen LogP contribution in [0.5, 0.6) is 17.2 Å². The first-order valence-electron chi connectivity index (χ1n) is 11.4. The quantitative estimate of drug-likeness (QED) is 0.280. The molecule has 0 fully saturated rings. The molecule has 3 aromatic carbocycles. The van der Waals surface area contributed by atoms with Crippen molar-refractivity contribution in [3.8, 4) is 17.2 Å². The van der Waals surface area contributed by atoms with E-state index < -0.39 is 41.0 Å². The molecule has 0 bridgehead atoms. The minimum absolute atomic E-state index is 0.0513. The molecule has 0 radical (unpaired) electrons. The van der Waals surface area contributed by atoms with Crippen LogP contribution >= 0.6 is 0 Å². The molecule has 0 spiro atoms. The average molecular weight is 483 g/mol. The molecule has 2 aliphatic rings. The van der Waals surface area contributed by atoms with Crippen molar-refractivity contribution in [2.45, 2.75) is 12.8 Å². The second kappa shape index (κ2) is 9.14. The molecule has 0 saturated heterocycles. The SMILES string of the molecule is O=C1c2ccccc2C(=O)c2c(NC(=O)C3CC=CCC3C(=O)O)c(Oc3ccccc3)cc(O)c21. The van der Waals surface area contributed by atoms with Gasteiger partial charge in [-0.15, -0.1) is 0 Å². The van der Waals surface area contributed by atoms with Crippen LogP contribution < -0.4 is 10.1 Å². The van der Waals surface area contributed by atoms with Crippen molar-refractivity contribution in [2.24, 2.45) is 11.8 Å². The summed E-state index contributed by atoms with van der Waals surface area (Å²) in [5.74, 6) is -4.86. The second-order valence-electron chi connectivity index (χ2n) is 8.62. The minimum Gasteiger partial charge on any atom is -0.507 e. The number of phenols is 1. The van der Waals surface area contributed by atoms with Crippen molar-refractivity contribution in [1.29, 1.82) is 0 Å². The molecule has 0 aromatic heterocycles. The number of fused-ring (bicyclic) bond motifs is 2. The van der Waals surface area contributed by atoms with Gasteiger partial charge >= 0.3 is 5.97 Å². The van der Waals surface area contributed by atoms with Crippen molar-refractivity contribution in [3.05, 3.63) is 95.1 Å². The normalized spacial score (nSPS) is 18.2. The summed E-state index contributed by atoms with van der Waals surface area (Å²) >= 11 is 0. The molecule has 3 N–H and O–H groups in total. The third-order valence-corrected chi connectivity index (χ3v) is 6.45. The van der Waals surface area contributed by atoms with E-state index >= 15 is 0 Å². The Morgan fingerprint density at radius 1 is 0.833 bits per heavy atom. The number of anilines is 1. The fourth-order valence-corrected chi connectivity index (χ4v) is 4.66. The molecule has 0 heterocycles. The zero-order valence-electron chi connectivity index (χ0n) is 18.9. The second-order valence-corrected chi connectivity index (χ2v) is 8.62. The van der Waals surface area contributed by atoms with E-state index in [0.717, 1.165) is 0 Å². The monoisotopic (exact) mass is 483 g/mol. The molecular formula is C28H21NO7. The Balaban J connectivity index is 1.66. The maximum atomic E-state index is 13.6. The third kappa shape index (κ3) is 3.92. The Labute approximate surface area is 205 Å². The molecule has 36 heavy (non-hydrogen) atoms. The van der Waals surface area contributed by atoms with E-state index in [9.17, 15) is 29.4 Å². The predicted molar refractivity (Wildman–Crippen MR) is 130 cm³/mol. The number of hydrogen-bond donors (Lipinski definition) is 3. The minimum atomic E-state index is -1.10. The lowest BCUT2D eigenvalue weighted by Gasteiger charge is -2.27. The largest absolute Gasteiger partial charge is 0.507 e. The molecule has 5 rings (SSSR count). The Morgan fingerprint density at radius 2 is 1.42 bits per heavy atom. The van der Waals surface area contributed by atoms with Crippen molar-refractivity contribution < 1.29 is 34.1 Å². The highest BCUT2D eigenvalue weighted by Gasteiger charge is 2.39. The highest BCUT2D eigenvalue weighted by atomic mass is 16.5. The van der Waals surface area contributed by atoms with Gasteiger partial charge in [0.1, 0.15) is 11.5 Å². The predicted octanol–water partition coefficient (Wildman–Crippen LogP) is 4.57. The van der Waals surface area contributed by atoms with Crippen LogP contribution in [0.15, 0.2) is 72.8 Å². The summed E-state index contributed by atoms with van der Waals surface area (Å²) in [6, 6.07) is 15.9. The van der Waals surface area contributed by atoms with Crippen LogP contribution in [0.2, 0.25) is 0 Å². The molecule has 3 aromatic rings. The van der Waals surface area contributed by atoms with Crippen LogP contribution in [0, 0.1) is 11.8 Å². The van der Waals surface area contributed by atoms with Crippen LogP contribution in [0.1, 0.15) is 44.7 Å². The average Bonchev–Trinajstić information content (AvgIpc) is 2.89. The number of aromatic hydroxyl groups is 1. The van der Waals surface area contributed by atoms with E-state index in [1.165, 1.54) is 18.2 Å². The standard InChI is InChI=1S/C28H21NO7/c30-20-14-21(36-15-8-2-1-3-9-15)24(29-27(33)18-12-6-7-13-19(18)28(34)35)23-22(20)25(31)16-10-4-5-11-17(16)26(23)32/h1-11,14,18-19,30H,12-13H2,(H,29,33)(H,34,35). The number of hydrogen-bond acceptors (Lipinski definition) is 6. The summed E-state index contributed by atoms with van der Waals surface area (Å²) in [5, 5.41) is 23.1. The number of carbonyl (C=O) groups excluding carboxylic acids is 3. The van der Waals surface area contributed by atoms with Crippen molar-refractivity contribution >= 4 is 29.1 Å².